The van der Waals surface area contributed by atoms with Gasteiger partial charge in [0, 0.05) is 24.8 Å². The summed E-state index contributed by atoms with van der Waals surface area (Å²) in [7, 11) is -1.20. The van der Waals surface area contributed by atoms with Gasteiger partial charge in [0.1, 0.15) is 5.82 Å². The minimum absolute atomic E-state index is 0.195. The lowest BCUT2D eigenvalue weighted by molar-refractivity contribution is 0.226. The largest absolute Gasteiger partial charge is 0.451 e. The first-order chi connectivity index (χ1) is 10.9. The summed E-state index contributed by atoms with van der Waals surface area (Å²) in [4.78, 5) is 6.66. The highest BCUT2D eigenvalue weighted by atomic mass is 35.5. The molecule has 0 spiro atoms. The lowest BCUT2D eigenvalue weighted by Crippen LogP contribution is -2.49. The van der Waals surface area contributed by atoms with E-state index in [0.29, 0.717) is 17.3 Å². The van der Waals surface area contributed by atoms with E-state index in [-0.39, 0.29) is 5.54 Å². The van der Waals surface area contributed by atoms with E-state index < -0.39 is 7.12 Å². The highest BCUT2D eigenvalue weighted by Gasteiger charge is 2.32. The van der Waals surface area contributed by atoms with Crippen molar-refractivity contribution in [2.24, 2.45) is 11.7 Å². The molecule has 1 aliphatic heterocycles. The maximum absolute atomic E-state index is 8.89. The highest BCUT2D eigenvalue weighted by Crippen LogP contribution is 2.32. The molecule has 1 aromatic rings. The average molecular weight is 340 g/mol. The molecule has 4 N–H and O–H groups in total. The number of hydrogen-bond donors (Lipinski definition) is 3. The monoisotopic (exact) mass is 339 g/mol. The number of halogens is 1. The number of nitrogens with zero attached hydrogens (tertiary/aromatic N) is 2. The van der Waals surface area contributed by atoms with Crippen molar-refractivity contribution >= 4 is 24.5 Å². The molecule has 0 radical (unpaired) electrons. The lowest BCUT2D eigenvalue weighted by atomic mass is 9.75. The quantitative estimate of drug-likeness (QED) is 0.524. The summed E-state index contributed by atoms with van der Waals surface area (Å²) >= 11 is 5.88. The van der Waals surface area contributed by atoms with Crippen molar-refractivity contribution in [1.82, 2.24) is 4.98 Å². The molecule has 0 amide bonds. The predicted octanol–water partition coefficient (Wildman–Crippen LogP) is 2.31. The van der Waals surface area contributed by atoms with E-state index in [1.165, 1.54) is 0 Å². The molecule has 1 aliphatic rings. The molecule has 0 bridgehead atoms. The number of pyridine rings is 1. The Morgan fingerprint density at radius 3 is 2.61 bits per heavy atom. The van der Waals surface area contributed by atoms with E-state index in [1.54, 1.807) is 6.20 Å². The van der Waals surface area contributed by atoms with Gasteiger partial charge >= 0.3 is 7.12 Å². The van der Waals surface area contributed by atoms with Crippen molar-refractivity contribution in [3.63, 3.8) is 0 Å². The SMILES string of the molecule is CC(N)(CCCCB(O)O)C1CCN(c2ccc(Cl)cn2)CC1. The second-order valence-corrected chi connectivity index (χ2v) is 7.26. The zero-order chi connectivity index (χ0) is 16.9. The van der Waals surface area contributed by atoms with Crippen LogP contribution in [0.3, 0.4) is 0 Å². The molecule has 0 aromatic carbocycles. The van der Waals surface area contributed by atoms with E-state index >= 15 is 0 Å². The Balaban J connectivity index is 1.79. The van der Waals surface area contributed by atoms with Gasteiger partial charge in [0.25, 0.3) is 0 Å². The van der Waals surface area contributed by atoms with Crippen LogP contribution >= 0.6 is 11.6 Å². The maximum atomic E-state index is 8.89. The van der Waals surface area contributed by atoms with Gasteiger partial charge in [-0.05, 0) is 50.6 Å². The topological polar surface area (TPSA) is 82.6 Å². The van der Waals surface area contributed by atoms with Gasteiger partial charge in [-0.1, -0.05) is 24.4 Å². The van der Waals surface area contributed by atoms with Gasteiger partial charge in [-0.25, -0.2) is 4.98 Å². The fraction of sp³-hybridized carbons (Fsp3) is 0.688. The van der Waals surface area contributed by atoms with Crippen molar-refractivity contribution in [1.29, 1.82) is 0 Å². The molecule has 1 aromatic heterocycles. The molecular weight excluding hydrogens is 312 g/mol. The van der Waals surface area contributed by atoms with Crippen LogP contribution in [0.1, 0.15) is 39.0 Å². The molecule has 5 nitrogen and oxygen atoms in total. The molecule has 23 heavy (non-hydrogen) atoms. The number of unbranched alkanes of at least 4 members (excludes halogenated alkanes) is 1. The molecule has 2 heterocycles. The number of hydrogen-bond acceptors (Lipinski definition) is 5. The molecule has 128 valence electrons. The summed E-state index contributed by atoms with van der Waals surface area (Å²) in [6.07, 6.45) is 6.88. The van der Waals surface area contributed by atoms with Crippen molar-refractivity contribution in [2.75, 3.05) is 18.0 Å². The molecule has 1 fully saturated rings. The molecular formula is C16H27BClN3O2. The van der Waals surface area contributed by atoms with E-state index in [0.717, 1.165) is 51.0 Å². The Hall–Kier alpha value is -0.815. The molecule has 0 saturated carbocycles. The van der Waals surface area contributed by atoms with E-state index in [9.17, 15) is 0 Å². The number of nitrogens with two attached hydrogens (primary N) is 1. The van der Waals surface area contributed by atoms with Crippen molar-refractivity contribution < 1.29 is 10.0 Å². The number of anilines is 1. The van der Waals surface area contributed by atoms with Crippen LogP contribution in [0, 0.1) is 5.92 Å². The summed E-state index contributed by atoms with van der Waals surface area (Å²) < 4.78 is 0. The smallest absolute Gasteiger partial charge is 0.427 e. The van der Waals surface area contributed by atoms with Gasteiger partial charge in [0.2, 0.25) is 0 Å². The number of aromatic nitrogens is 1. The molecule has 1 saturated heterocycles. The molecule has 1 atom stereocenters. The van der Waals surface area contributed by atoms with Crippen LogP contribution in [0.25, 0.3) is 0 Å². The Morgan fingerprint density at radius 1 is 1.35 bits per heavy atom. The first kappa shape index (κ1) is 18.5. The second-order valence-electron chi connectivity index (χ2n) is 6.83. The Kier molecular flexibility index (Phi) is 6.71. The normalized spacial score (nSPS) is 18.7. The first-order valence-electron chi connectivity index (χ1n) is 8.40. The van der Waals surface area contributed by atoms with Gasteiger partial charge in [-0.15, -0.1) is 0 Å². The summed E-state index contributed by atoms with van der Waals surface area (Å²) in [6, 6.07) is 3.84. The molecule has 0 aliphatic carbocycles. The van der Waals surface area contributed by atoms with Crippen LogP contribution in [-0.4, -0.2) is 40.8 Å². The standard InChI is InChI=1S/C16H27BClN3O2/c1-16(19,8-2-3-9-17(22)23)13-6-10-21(11-7-13)15-5-4-14(18)12-20-15/h4-5,12-13,22-23H,2-3,6-11,19H2,1H3. The fourth-order valence-electron chi connectivity index (χ4n) is 3.36. The summed E-state index contributed by atoms with van der Waals surface area (Å²) in [5.41, 5.74) is 6.34. The van der Waals surface area contributed by atoms with Crippen LogP contribution < -0.4 is 10.6 Å². The van der Waals surface area contributed by atoms with Crippen LogP contribution in [-0.2, 0) is 0 Å². The highest BCUT2D eigenvalue weighted by molar-refractivity contribution is 6.40. The second kappa shape index (κ2) is 8.33. The van der Waals surface area contributed by atoms with Crippen molar-refractivity contribution in [3.05, 3.63) is 23.4 Å². The zero-order valence-electron chi connectivity index (χ0n) is 13.8. The number of rotatable bonds is 7. The summed E-state index contributed by atoms with van der Waals surface area (Å²) in [6.45, 7) is 4.05. The Bertz CT molecular complexity index is 477. The Morgan fingerprint density at radius 2 is 2.04 bits per heavy atom. The van der Waals surface area contributed by atoms with Gasteiger partial charge in [-0.3, -0.25) is 0 Å². The van der Waals surface area contributed by atoms with Crippen molar-refractivity contribution in [3.8, 4) is 0 Å². The zero-order valence-corrected chi connectivity index (χ0v) is 14.5. The minimum Gasteiger partial charge on any atom is -0.427 e. The van der Waals surface area contributed by atoms with Gasteiger partial charge < -0.3 is 20.7 Å². The lowest BCUT2D eigenvalue weighted by Gasteiger charge is -2.41. The fourth-order valence-corrected chi connectivity index (χ4v) is 3.47. The maximum Gasteiger partial charge on any atom is 0.451 e. The minimum atomic E-state index is -1.20. The summed E-state index contributed by atoms with van der Waals surface area (Å²) in [5, 5.41) is 18.4. The van der Waals surface area contributed by atoms with Gasteiger partial charge in [0.15, 0.2) is 0 Å². The van der Waals surface area contributed by atoms with E-state index in [4.69, 9.17) is 27.4 Å². The number of piperidine rings is 1. The van der Waals surface area contributed by atoms with E-state index in [1.807, 2.05) is 12.1 Å². The molecule has 1 unspecified atom stereocenters. The van der Waals surface area contributed by atoms with Crippen LogP contribution in [0.5, 0.6) is 0 Å². The third-order valence-corrected chi connectivity index (χ3v) is 5.11. The van der Waals surface area contributed by atoms with E-state index in [2.05, 4.69) is 16.8 Å². The van der Waals surface area contributed by atoms with Crippen LogP contribution in [0.4, 0.5) is 5.82 Å². The first-order valence-corrected chi connectivity index (χ1v) is 8.78. The Labute approximate surface area is 144 Å². The third kappa shape index (κ3) is 5.64. The van der Waals surface area contributed by atoms with Crippen LogP contribution in [0.2, 0.25) is 11.3 Å². The molecule has 7 heteroatoms. The predicted molar refractivity (Wildman–Crippen MR) is 95.6 cm³/mol. The van der Waals surface area contributed by atoms with Crippen LogP contribution in [0.15, 0.2) is 18.3 Å². The van der Waals surface area contributed by atoms with Crippen molar-refractivity contribution in [2.45, 2.75) is 50.9 Å². The van der Waals surface area contributed by atoms with Gasteiger partial charge in [-0.2, -0.15) is 0 Å². The average Bonchev–Trinajstić information content (AvgIpc) is 2.52. The van der Waals surface area contributed by atoms with Gasteiger partial charge in [0.05, 0.1) is 5.02 Å². The third-order valence-electron chi connectivity index (χ3n) is 4.89. The molecule has 2 rings (SSSR count). The summed E-state index contributed by atoms with van der Waals surface area (Å²) in [5.74, 6) is 1.47.